The number of fused-ring (bicyclic) bond motifs is 1. The zero-order valence-corrected chi connectivity index (χ0v) is 5.98. The summed E-state index contributed by atoms with van der Waals surface area (Å²) < 4.78 is 5.18. The molecule has 0 aromatic carbocycles. The standard InChI is InChI=1S/C7H7NO3/c1-7-3-2-5(8(9)10)4-6(7)11-7/h2-4,6H,1H3. The van der Waals surface area contributed by atoms with Gasteiger partial charge in [-0.1, -0.05) is 0 Å². The molecule has 1 saturated heterocycles. The van der Waals surface area contributed by atoms with E-state index in [2.05, 4.69) is 0 Å². The Kier molecular flexibility index (Phi) is 1.02. The number of nitrogens with zero attached hydrogens (tertiary/aromatic N) is 1. The molecule has 0 N–H and O–H groups in total. The van der Waals surface area contributed by atoms with Crippen molar-refractivity contribution in [2.75, 3.05) is 0 Å². The predicted molar refractivity (Wildman–Crippen MR) is 37.5 cm³/mol. The van der Waals surface area contributed by atoms with Crippen LogP contribution in [0.2, 0.25) is 0 Å². The minimum Gasteiger partial charge on any atom is -0.357 e. The summed E-state index contributed by atoms with van der Waals surface area (Å²) >= 11 is 0. The fourth-order valence-electron chi connectivity index (χ4n) is 1.16. The fraction of sp³-hybridized carbons (Fsp3) is 0.429. The molecule has 0 bridgehead atoms. The zero-order valence-electron chi connectivity index (χ0n) is 5.98. The third kappa shape index (κ3) is 0.867. The lowest BCUT2D eigenvalue weighted by atomic mass is 10.0. The normalized spacial score (nSPS) is 39.4. The molecule has 0 saturated carbocycles. The van der Waals surface area contributed by atoms with Crippen LogP contribution in [0.15, 0.2) is 23.9 Å². The molecule has 11 heavy (non-hydrogen) atoms. The van der Waals surface area contributed by atoms with Gasteiger partial charge in [-0.3, -0.25) is 10.1 Å². The molecule has 58 valence electrons. The first-order valence-electron chi connectivity index (χ1n) is 3.35. The smallest absolute Gasteiger partial charge is 0.267 e. The molecule has 1 aliphatic heterocycles. The number of hydrogen-bond donors (Lipinski definition) is 0. The predicted octanol–water partition coefficient (Wildman–Crippen LogP) is 0.874. The van der Waals surface area contributed by atoms with E-state index in [1.165, 1.54) is 6.08 Å². The first-order chi connectivity index (χ1) is 5.12. The molecule has 2 aliphatic rings. The van der Waals surface area contributed by atoms with E-state index in [1.807, 2.05) is 6.92 Å². The molecule has 1 heterocycles. The van der Waals surface area contributed by atoms with E-state index in [0.717, 1.165) is 0 Å². The summed E-state index contributed by atoms with van der Waals surface area (Å²) in [6.45, 7) is 1.90. The largest absolute Gasteiger partial charge is 0.357 e. The van der Waals surface area contributed by atoms with Gasteiger partial charge in [0.1, 0.15) is 11.7 Å². The molecular weight excluding hydrogens is 146 g/mol. The van der Waals surface area contributed by atoms with Crippen LogP contribution in [0.25, 0.3) is 0 Å². The maximum absolute atomic E-state index is 10.3. The van der Waals surface area contributed by atoms with Crippen LogP contribution in [0.5, 0.6) is 0 Å². The molecule has 1 fully saturated rings. The van der Waals surface area contributed by atoms with Gasteiger partial charge in [-0.2, -0.15) is 0 Å². The Hall–Kier alpha value is -1.16. The van der Waals surface area contributed by atoms with Crippen molar-refractivity contribution < 1.29 is 9.66 Å². The van der Waals surface area contributed by atoms with Crippen molar-refractivity contribution in [1.82, 2.24) is 0 Å². The van der Waals surface area contributed by atoms with Gasteiger partial charge < -0.3 is 4.74 Å². The summed E-state index contributed by atoms with van der Waals surface area (Å²) in [4.78, 5) is 9.85. The Bertz CT molecular complexity index is 281. The highest BCUT2D eigenvalue weighted by atomic mass is 16.6. The van der Waals surface area contributed by atoms with Gasteiger partial charge in [0.15, 0.2) is 0 Å². The Morgan fingerprint density at radius 3 is 3.09 bits per heavy atom. The maximum atomic E-state index is 10.3. The van der Waals surface area contributed by atoms with Crippen LogP contribution in [0.3, 0.4) is 0 Å². The highest BCUT2D eigenvalue weighted by Crippen LogP contribution is 2.41. The summed E-state index contributed by atoms with van der Waals surface area (Å²) in [5.74, 6) is 0. The van der Waals surface area contributed by atoms with E-state index in [9.17, 15) is 10.1 Å². The lowest BCUT2D eigenvalue weighted by molar-refractivity contribution is -0.419. The third-order valence-corrected chi connectivity index (χ3v) is 2.01. The molecule has 2 rings (SSSR count). The van der Waals surface area contributed by atoms with E-state index in [0.29, 0.717) is 0 Å². The number of allylic oxidation sites excluding steroid dienone is 1. The Labute approximate surface area is 63.3 Å². The van der Waals surface area contributed by atoms with Crippen LogP contribution in [0.1, 0.15) is 6.92 Å². The van der Waals surface area contributed by atoms with Crippen molar-refractivity contribution in [3.05, 3.63) is 34.0 Å². The van der Waals surface area contributed by atoms with Crippen LogP contribution in [-0.2, 0) is 4.74 Å². The molecule has 0 aromatic rings. The van der Waals surface area contributed by atoms with Gasteiger partial charge in [-0.15, -0.1) is 0 Å². The van der Waals surface area contributed by atoms with Crippen LogP contribution >= 0.6 is 0 Å². The fourth-order valence-corrected chi connectivity index (χ4v) is 1.16. The van der Waals surface area contributed by atoms with Gasteiger partial charge >= 0.3 is 0 Å². The van der Waals surface area contributed by atoms with E-state index in [-0.39, 0.29) is 17.4 Å². The van der Waals surface area contributed by atoms with E-state index in [1.54, 1.807) is 12.2 Å². The quantitative estimate of drug-likeness (QED) is 0.319. The number of rotatable bonds is 1. The molecule has 0 aromatic heterocycles. The molecule has 0 spiro atoms. The van der Waals surface area contributed by atoms with Crippen molar-refractivity contribution in [2.24, 2.45) is 0 Å². The summed E-state index contributed by atoms with van der Waals surface area (Å²) in [6.07, 6.45) is 4.69. The molecule has 0 amide bonds. The van der Waals surface area contributed by atoms with Crippen molar-refractivity contribution in [3.63, 3.8) is 0 Å². The van der Waals surface area contributed by atoms with Crippen LogP contribution in [0.4, 0.5) is 0 Å². The molecule has 2 unspecified atom stereocenters. The van der Waals surface area contributed by atoms with Crippen molar-refractivity contribution in [3.8, 4) is 0 Å². The lowest BCUT2D eigenvalue weighted by Crippen LogP contribution is -2.10. The number of hydrogen-bond acceptors (Lipinski definition) is 3. The molecule has 1 aliphatic carbocycles. The highest BCUT2D eigenvalue weighted by Gasteiger charge is 2.51. The zero-order chi connectivity index (χ0) is 8.06. The maximum Gasteiger partial charge on any atom is 0.267 e. The number of nitro groups is 1. The third-order valence-electron chi connectivity index (χ3n) is 2.01. The topological polar surface area (TPSA) is 55.7 Å². The van der Waals surface area contributed by atoms with E-state index >= 15 is 0 Å². The van der Waals surface area contributed by atoms with Gasteiger partial charge in [0, 0.05) is 12.2 Å². The van der Waals surface area contributed by atoms with Gasteiger partial charge in [0.2, 0.25) is 0 Å². The number of ether oxygens (including phenoxy) is 1. The summed E-state index contributed by atoms with van der Waals surface area (Å²) in [6, 6.07) is 0. The van der Waals surface area contributed by atoms with Crippen molar-refractivity contribution >= 4 is 0 Å². The van der Waals surface area contributed by atoms with Crippen LogP contribution in [-0.4, -0.2) is 16.6 Å². The first kappa shape index (κ1) is 6.54. The average Bonchev–Trinajstić information content (AvgIpc) is 2.58. The summed E-state index contributed by atoms with van der Waals surface area (Å²) in [7, 11) is 0. The van der Waals surface area contributed by atoms with Crippen molar-refractivity contribution in [2.45, 2.75) is 18.6 Å². The molecule has 4 nitrogen and oxygen atoms in total. The SMILES string of the molecule is CC12C=CC([N+](=O)[O-])=CC1O2. The monoisotopic (exact) mass is 153 g/mol. The second-order valence-electron chi connectivity index (χ2n) is 2.90. The van der Waals surface area contributed by atoms with Crippen molar-refractivity contribution in [1.29, 1.82) is 0 Å². The average molecular weight is 153 g/mol. The molecule has 4 heteroatoms. The Balaban J connectivity index is 2.25. The highest BCUT2D eigenvalue weighted by molar-refractivity contribution is 5.32. The molecular formula is C7H7NO3. The van der Waals surface area contributed by atoms with E-state index in [4.69, 9.17) is 4.74 Å². The van der Waals surface area contributed by atoms with Gasteiger partial charge in [-0.25, -0.2) is 0 Å². The second kappa shape index (κ2) is 1.71. The second-order valence-corrected chi connectivity index (χ2v) is 2.90. The molecule has 0 radical (unpaired) electrons. The summed E-state index contributed by atoms with van der Waals surface area (Å²) in [5, 5.41) is 10.3. The van der Waals surface area contributed by atoms with Crippen LogP contribution < -0.4 is 0 Å². The Morgan fingerprint density at radius 1 is 1.82 bits per heavy atom. The minimum atomic E-state index is -0.405. The summed E-state index contributed by atoms with van der Waals surface area (Å²) in [5.41, 5.74) is -0.121. The first-order valence-corrected chi connectivity index (χ1v) is 3.35. The Morgan fingerprint density at radius 2 is 2.55 bits per heavy atom. The van der Waals surface area contributed by atoms with Gasteiger partial charge in [0.25, 0.3) is 5.70 Å². The van der Waals surface area contributed by atoms with Crippen LogP contribution in [0, 0.1) is 10.1 Å². The number of epoxide rings is 1. The van der Waals surface area contributed by atoms with Gasteiger partial charge in [-0.05, 0) is 13.0 Å². The molecule has 2 atom stereocenters. The van der Waals surface area contributed by atoms with E-state index < -0.39 is 4.92 Å². The lowest BCUT2D eigenvalue weighted by Gasteiger charge is -1.99. The minimum absolute atomic E-state index is 0.0760. The van der Waals surface area contributed by atoms with Gasteiger partial charge in [0.05, 0.1) is 4.92 Å².